The number of hydrogen-bond donors (Lipinski definition) is 3. The van der Waals surface area contributed by atoms with Crippen LogP contribution >= 0.6 is 23.4 Å². The van der Waals surface area contributed by atoms with Crippen molar-refractivity contribution in [3.63, 3.8) is 0 Å². The van der Waals surface area contributed by atoms with Crippen LogP contribution in [0.5, 0.6) is 17.2 Å². The summed E-state index contributed by atoms with van der Waals surface area (Å²) in [7, 11) is -3.94. The van der Waals surface area contributed by atoms with Gasteiger partial charge in [-0.3, -0.25) is 4.72 Å². The van der Waals surface area contributed by atoms with Gasteiger partial charge in [0.15, 0.2) is 0 Å². The number of aliphatic hydroxyl groups is 1. The molecule has 0 atom stereocenters. The van der Waals surface area contributed by atoms with Gasteiger partial charge < -0.3 is 14.9 Å². The standard InChI is InChI=1S/C25H20ClNO5S2/c1-16(28)15-33-24-14-23(21-4-2-3-5-22(21)25(24)29)27-34(30,31)20-12-10-19(11-13-20)32-18-8-6-17(26)7-9-18/h2-14,27-29H,1,15H2. The van der Waals surface area contributed by atoms with E-state index in [9.17, 15) is 18.6 Å². The summed E-state index contributed by atoms with van der Waals surface area (Å²) < 4.78 is 34.6. The van der Waals surface area contributed by atoms with Gasteiger partial charge in [0.1, 0.15) is 17.2 Å². The molecule has 0 unspecified atom stereocenters. The van der Waals surface area contributed by atoms with Crippen LogP contribution in [0, 0.1) is 0 Å². The van der Waals surface area contributed by atoms with Gasteiger partial charge in [-0.1, -0.05) is 42.4 Å². The Balaban J connectivity index is 1.62. The van der Waals surface area contributed by atoms with Gasteiger partial charge in [-0.25, -0.2) is 8.42 Å². The summed E-state index contributed by atoms with van der Waals surface area (Å²) in [6, 6.07) is 21.3. The molecule has 0 spiro atoms. The van der Waals surface area contributed by atoms with Crippen molar-refractivity contribution in [1.29, 1.82) is 0 Å². The Hall–Kier alpha value is -3.33. The van der Waals surface area contributed by atoms with Crippen molar-refractivity contribution in [2.45, 2.75) is 9.79 Å². The lowest BCUT2D eigenvalue weighted by Crippen LogP contribution is -2.13. The van der Waals surface area contributed by atoms with Crippen LogP contribution in [0.15, 0.2) is 101 Å². The summed E-state index contributed by atoms with van der Waals surface area (Å²) in [5.41, 5.74) is 0.306. The van der Waals surface area contributed by atoms with Gasteiger partial charge >= 0.3 is 0 Å². The largest absolute Gasteiger partial charge is 0.512 e. The van der Waals surface area contributed by atoms with Crippen molar-refractivity contribution in [1.82, 2.24) is 0 Å². The van der Waals surface area contributed by atoms with Crippen LogP contribution in [0.1, 0.15) is 0 Å². The van der Waals surface area contributed by atoms with Gasteiger partial charge in [0.25, 0.3) is 10.0 Å². The summed E-state index contributed by atoms with van der Waals surface area (Å²) in [6.45, 7) is 3.45. The Morgan fingerprint density at radius 3 is 2.18 bits per heavy atom. The second-order valence-corrected chi connectivity index (χ2v) is 10.4. The van der Waals surface area contributed by atoms with Gasteiger partial charge in [-0.05, 0) is 54.6 Å². The maximum Gasteiger partial charge on any atom is 0.261 e. The van der Waals surface area contributed by atoms with Crippen molar-refractivity contribution in [3.05, 3.63) is 96.2 Å². The first-order valence-corrected chi connectivity index (χ1v) is 12.9. The highest BCUT2D eigenvalue weighted by molar-refractivity contribution is 7.99. The predicted molar refractivity (Wildman–Crippen MR) is 137 cm³/mol. The number of hydrogen-bond acceptors (Lipinski definition) is 6. The van der Waals surface area contributed by atoms with Crippen molar-refractivity contribution in [2.75, 3.05) is 10.5 Å². The van der Waals surface area contributed by atoms with Gasteiger partial charge in [0.05, 0.1) is 27.0 Å². The summed E-state index contributed by atoms with van der Waals surface area (Å²) in [5, 5.41) is 21.7. The van der Waals surface area contributed by atoms with Crippen LogP contribution in [0.2, 0.25) is 5.02 Å². The number of aromatic hydroxyl groups is 1. The van der Waals surface area contributed by atoms with Crippen molar-refractivity contribution in [3.8, 4) is 17.2 Å². The first-order chi connectivity index (χ1) is 16.2. The molecule has 0 bridgehead atoms. The molecule has 0 aliphatic rings. The molecule has 0 fully saturated rings. The molecule has 0 radical (unpaired) electrons. The van der Waals surface area contributed by atoms with Crippen molar-refractivity contribution < 1.29 is 23.4 Å². The van der Waals surface area contributed by atoms with Crippen LogP contribution in [-0.4, -0.2) is 24.4 Å². The van der Waals surface area contributed by atoms with E-state index in [1.165, 1.54) is 12.1 Å². The molecular weight excluding hydrogens is 494 g/mol. The maximum absolute atomic E-state index is 13.1. The number of thioether (sulfide) groups is 1. The average molecular weight is 514 g/mol. The van der Waals surface area contributed by atoms with Crippen LogP contribution in [0.3, 0.4) is 0 Å². The highest BCUT2D eigenvalue weighted by Gasteiger charge is 2.19. The first kappa shape index (κ1) is 23.8. The average Bonchev–Trinajstić information content (AvgIpc) is 2.82. The van der Waals surface area contributed by atoms with Crippen LogP contribution in [0.4, 0.5) is 5.69 Å². The molecule has 0 saturated heterocycles. The second kappa shape index (κ2) is 9.89. The number of sulfonamides is 1. The Bertz CT molecular complexity index is 1450. The highest BCUT2D eigenvalue weighted by atomic mass is 35.5. The fraction of sp³-hybridized carbons (Fsp3) is 0.0400. The molecule has 6 nitrogen and oxygen atoms in total. The Morgan fingerprint density at radius 1 is 0.971 bits per heavy atom. The van der Waals surface area contributed by atoms with E-state index < -0.39 is 10.0 Å². The van der Waals surface area contributed by atoms with Crippen LogP contribution in [-0.2, 0) is 10.0 Å². The smallest absolute Gasteiger partial charge is 0.261 e. The van der Waals surface area contributed by atoms with E-state index in [-0.39, 0.29) is 22.2 Å². The number of fused-ring (bicyclic) bond motifs is 1. The molecular formula is C25H20ClNO5S2. The lowest BCUT2D eigenvalue weighted by Gasteiger charge is -2.15. The van der Waals surface area contributed by atoms with E-state index in [1.54, 1.807) is 66.7 Å². The fourth-order valence-corrected chi connectivity index (χ4v) is 5.19. The lowest BCUT2D eigenvalue weighted by molar-refractivity contribution is 0.420. The zero-order chi connectivity index (χ0) is 24.3. The van der Waals surface area contributed by atoms with Gasteiger partial charge in [0, 0.05) is 15.8 Å². The molecule has 3 N–H and O–H groups in total. The van der Waals surface area contributed by atoms with E-state index in [0.717, 1.165) is 11.8 Å². The van der Waals surface area contributed by atoms with E-state index in [1.807, 2.05) is 0 Å². The molecule has 4 rings (SSSR count). The number of rotatable bonds is 8. The number of nitrogens with one attached hydrogen (secondary N) is 1. The normalized spacial score (nSPS) is 11.3. The number of ether oxygens (including phenoxy) is 1. The molecule has 4 aromatic rings. The maximum atomic E-state index is 13.1. The number of anilines is 1. The fourth-order valence-electron chi connectivity index (χ4n) is 3.22. The van der Waals surface area contributed by atoms with Crippen LogP contribution < -0.4 is 9.46 Å². The summed E-state index contributed by atoms with van der Waals surface area (Å²) in [5.74, 6) is 1.16. The number of benzene rings is 4. The quantitative estimate of drug-likeness (QED) is 0.134. The predicted octanol–water partition coefficient (Wildman–Crippen LogP) is 6.96. The topological polar surface area (TPSA) is 95.9 Å². The molecule has 4 aromatic carbocycles. The number of aliphatic hydroxyl groups excluding tert-OH is 1. The third-order valence-corrected chi connectivity index (χ3v) is 7.54. The summed E-state index contributed by atoms with van der Waals surface area (Å²) in [4.78, 5) is 0.462. The van der Waals surface area contributed by atoms with Gasteiger partial charge in [0.2, 0.25) is 0 Å². The van der Waals surface area contributed by atoms with E-state index in [2.05, 4.69) is 11.3 Å². The molecule has 0 heterocycles. The van der Waals surface area contributed by atoms with Crippen molar-refractivity contribution in [2.24, 2.45) is 0 Å². The Labute approximate surface area is 206 Å². The summed E-state index contributed by atoms with van der Waals surface area (Å²) in [6.07, 6.45) is 0. The second-order valence-electron chi connectivity index (χ2n) is 7.30. The third-order valence-electron chi connectivity index (χ3n) is 4.80. The molecule has 174 valence electrons. The van der Waals surface area contributed by atoms with Crippen LogP contribution in [0.25, 0.3) is 10.8 Å². The SMILES string of the molecule is C=C(O)CSc1cc(NS(=O)(=O)c2ccc(Oc3ccc(Cl)cc3)cc2)c2ccccc2c1O. The first-order valence-electron chi connectivity index (χ1n) is 10.0. The zero-order valence-corrected chi connectivity index (χ0v) is 20.1. The number of phenolic OH excluding ortho intramolecular Hbond substituents is 1. The summed E-state index contributed by atoms with van der Waals surface area (Å²) >= 11 is 7.03. The van der Waals surface area contributed by atoms with Gasteiger partial charge in [-0.2, -0.15) is 0 Å². The van der Waals surface area contributed by atoms with E-state index in [0.29, 0.717) is 37.9 Å². The van der Waals surface area contributed by atoms with E-state index >= 15 is 0 Å². The minimum absolute atomic E-state index is 0.00787. The highest BCUT2D eigenvalue weighted by Crippen LogP contribution is 2.40. The molecule has 0 aliphatic carbocycles. The minimum atomic E-state index is -3.94. The molecule has 0 aliphatic heterocycles. The lowest BCUT2D eigenvalue weighted by atomic mass is 10.1. The molecule has 34 heavy (non-hydrogen) atoms. The molecule has 0 saturated carbocycles. The number of halogens is 1. The molecule has 0 aromatic heterocycles. The van der Waals surface area contributed by atoms with Gasteiger partial charge in [-0.15, -0.1) is 11.8 Å². The zero-order valence-electron chi connectivity index (χ0n) is 17.7. The Morgan fingerprint density at radius 2 is 1.56 bits per heavy atom. The minimum Gasteiger partial charge on any atom is -0.512 e. The number of phenols is 1. The Kier molecular flexibility index (Phi) is 6.92. The third kappa shape index (κ3) is 5.41. The molecule has 0 amide bonds. The van der Waals surface area contributed by atoms with Crippen molar-refractivity contribution >= 4 is 49.8 Å². The van der Waals surface area contributed by atoms with E-state index in [4.69, 9.17) is 16.3 Å². The molecule has 9 heteroatoms. The monoisotopic (exact) mass is 513 g/mol.